The lowest BCUT2D eigenvalue weighted by Crippen LogP contribution is -2.43. The summed E-state index contributed by atoms with van der Waals surface area (Å²) in [5.41, 5.74) is 0. The summed E-state index contributed by atoms with van der Waals surface area (Å²) in [4.78, 5) is 11.4. The van der Waals surface area contributed by atoms with Crippen molar-refractivity contribution in [2.45, 2.75) is 149 Å². The molecule has 0 aromatic heterocycles. The lowest BCUT2D eigenvalue weighted by atomic mass is 10.0. The molecule has 0 aromatic carbocycles. The molecule has 4 nitrogen and oxygen atoms in total. The number of ether oxygens (including phenoxy) is 2. The fourth-order valence-electron chi connectivity index (χ4n) is 3.48. The first-order valence-corrected chi connectivity index (χ1v) is 16.4. The minimum atomic E-state index is -1.86. The zero-order valence-electron chi connectivity index (χ0n) is 22.7. The highest BCUT2D eigenvalue weighted by Crippen LogP contribution is 2.36. The molecule has 0 saturated heterocycles. The second-order valence-corrected chi connectivity index (χ2v) is 15.8. The maximum atomic E-state index is 11.4. The highest BCUT2D eigenvalue weighted by atomic mass is 28.4. The molecular weight excluding hydrogens is 416 g/mol. The fraction of sp³-hybridized carbons (Fsp3) is 0.963. The van der Waals surface area contributed by atoms with Crippen LogP contribution < -0.4 is 0 Å². The van der Waals surface area contributed by atoms with Crippen molar-refractivity contribution in [3.8, 4) is 0 Å². The van der Waals surface area contributed by atoms with Gasteiger partial charge in [-0.25, -0.2) is 0 Å². The van der Waals surface area contributed by atoms with Crippen molar-refractivity contribution in [1.29, 1.82) is 0 Å². The average molecular weight is 473 g/mol. The molecule has 0 radical (unpaired) electrons. The van der Waals surface area contributed by atoms with Crippen molar-refractivity contribution in [2.24, 2.45) is 0 Å². The molecule has 0 aliphatic rings. The first kappa shape index (κ1) is 31.6. The summed E-state index contributed by atoms with van der Waals surface area (Å²) >= 11 is 0. The van der Waals surface area contributed by atoms with Gasteiger partial charge >= 0.3 is 5.97 Å². The summed E-state index contributed by atoms with van der Waals surface area (Å²) in [6.07, 6.45) is 18.7. The highest BCUT2D eigenvalue weighted by molar-refractivity contribution is 6.74. The molecule has 0 amide bonds. The van der Waals surface area contributed by atoms with Crippen LogP contribution in [0.4, 0.5) is 0 Å². The molecule has 32 heavy (non-hydrogen) atoms. The monoisotopic (exact) mass is 472 g/mol. The second kappa shape index (κ2) is 19.0. The molecule has 0 spiro atoms. The SMILES string of the molecule is CCCCCCCCCCCCCCCCOCC(CO[Si](C)(C)C(C)(C)C)OC(C)=O. The van der Waals surface area contributed by atoms with Crippen molar-refractivity contribution in [2.75, 3.05) is 19.8 Å². The van der Waals surface area contributed by atoms with Gasteiger partial charge in [-0.1, -0.05) is 111 Å². The molecule has 0 saturated carbocycles. The van der Waals surface area contributed by atoms with E-state index in [4.69, 9.17) is 13.9 Å². The van der Waals surface area contributed by atoms with Gasteiger partial charge < -0.3 is 13.9 Å². The number of carbonyl (C=O) groups excluding carboxylic acids is 1. The molecule has 1 atom stereocenters. The number of hydrogen-bond donors (Lipinski definition) is 0. The summed E-state index contributed by atoms with van der Waals surface area (Å²) in [5, 5.41) is 0.142. The van der Waals surface area contributed by atoms with Crippen LogP contribution in [-0.4, -0.2) is 40.2 Å². The van der Waals surface area contributed by atoms with Crippen LogP contribution in [0.5, 0.6) is 0 Å². The van der Waals surface area contributed by atoms with Crippen LogP contribution in [0.25, 0.3) is 0 Å². The molecule has 0 N–H and O–H groups in total. The van der Waals surface area contributed by atoms with Crippen LogP contribution in [-0.2, 0) is 18.7 Å². The number of carbonyl (C=O) groups is 1. The van der Waals surface area contributed by atoms with Crippen molar-refractivity contribution in [1.82, 2.24) is 0 Å². The molecule has 192 valence electrons. The maximum Gasteiger partial charge on any atom is 0.303 e. The second-order valence-electron chi connectivity index (χ2n) is 11.0. The summed E-state index contributed by atoms with van der Waals surface area (Å²) in [7, 11) is -1.86. The van der Waals surface area contributed by atoms with Gasteiger partial charge in [0.05, 0.1) is 13.2 Å². The Morgan fingerprint density at radius 1 is 0.750 bits per heavy atom. The quantitative estimate of drug-likeness (QED) is 0.0954. The Labute approximate surface area is 201 Å². The largest absolute Gasteiger partial charge is 0.458 e. The normalized spacial score (nSPS) is 13.3. The summed E-state index contributed by atoms with van der Waals surface area (Å²) in [6.45, 7) is 16.4. The Kier molecular flexibility index (Phi) is 18.7. The van der Waals surface area contributed by atoms with E-state index >= 15 is 0 Å². The van der Waals surface area contributed by atoms with Gasteiger partial charge in [0.1, 0.15) is 6.10 Å². The Morgan fingerprint density at radius 2 is 1.19 bits per heavy atom. The van der Waals surface area contributed by atoms with E-state index < -0.39 is 8.32 Å². The Morgan fingerprint density at radius 3 is 1.59 bits per heavy atom. The van der Waals surface area contributed by atoms with Gasteiger partial charge in [0.15, 0.2) is 8.32 Å². The molecular formula is C27H56O4Si. The van der Waals surface area contributed by atoms with Crippen LogP contribution in [0.15, 0.2) is 0 Å². The molecule has 0 heterocycles. The lowest BCUT2D eigenvalue weighted by molar-refractivity contribution is -0.151. The standard InChI is InChI=1S/C27H56O4Si/c1-8-9-10-11-12-13-14-15-16-17-18-19-20-21-22-29-23-26(31-25(2)28)24-30-32(6,7)27(3,4)5/h26H,8-24H2,1-7H3. The van der Waals surface area contributed by atoms with E-state index in [-0.39, 0.29) is 17.1 Å². The van der Waals surface area contributed by atoms with Gasteiger partial charge in [-0.3, -0.25) is 4.79 Å². The third-order valence-corrected chi connectivity index (χ3v) is 11.2. The molecule has 0 fully saturated rings. The fourth-order valence-corrected chi connectivity index (χ4v) is 4.52. The first-order chi connectivity index (χ1) is 15.1. The topological polar surface area (TPSA) is 44.8 Å². The van der Waals surface area contributed by atoms with E-state index in [2.05, 4.69) is 40.8 Å². The molecule has 0 aromatic rings. The molecule has 0 bridgehead atoms. The van der Waals surface area contributed by atoms with E-state index in [1.54, 1.807) is 0 Å². The summed E-state index contributed by atoms with van der Waals surface area (Å²) < 4.78 is 17.4. The predicted octanol–water partition coefficient (Wildman–Crippen LogP) is 8.44. The van der Waals surface area contributed by atoms with Gasteiger partial charge in [-0.15, -0.1) is 0 Å². The number of hydrogen-bond acceptors (Lipinski definition) is 4. The van der Waals surface area contributed by atoms with E-state index in [9.17, 15) is 4.79 Å². The zero-order valence-corrected chi connectivity index (χ0v) is 23.7. The van der Waals surface area contributed by atoms with Gasteiger partial charge in [-0.2, -0.15) is 0 Å². The molecule has 0 aliphatic heterocycles. The molecule has 1 unspecified atom stereocenters. The predicted molar refractivity (Wildman–Crippen MR) is 140 cm³/mol. The molecule has 0 aliphatic carbocycles. The Balaban J connectivity index is 3.68. The van der Waals surface area contributed by atoms with Crippen LogP contribution in [0.1, 0.15) is 125 Å². The van der Waals surface area contributed by atoms with E-state index in [0.29, 0.717) is 13.2 Å². The third-order valence-electron chi connectivity index (χ3n) is 6.71. The summed E-state index contributed by atoms with van der Waals surface area (Å²) in [5.74, 6) is -0.270. The van der Waals surface area contributed by atoms with Crippen LogP contribution >= 0.6 is 0 Å². The zero-order chi connectivity index (χ0) is 24.3. The van der Waals surface area contributed by atoms with E-state index in [1.807, 2.05) is 0 Å². The van der Waals surface area contributed by atoms with Crippen molar-refractivity contribution < 1.29 is 18.7 Å². The summed E-state index contributed by atoms with van der Waals surface area (Å²) in [6, 6.07) is 0. The van der Waals surface area contributed by atoms with Gasteiger partial charge in [0.25, 0.3) is 0 Å². The Bertz CT molecular complexity index is 445. The van der Waals surface area contributed by atoms with Crippen molar-refractivity contribution in [3.05, 3.63) is 0 Å². The third kappa shape index (κ3) is 18.1. The van der Waals surface area contributed by atoms with E-state index in [1.165, 1.54) is 90.4 Å². The number of unbranched alkanes of at least 4 members (excludes halogenated alkanes) is 13. The average Bonchev–Trinajstić information content (AvgIpc) is 2.70. The molecule has 0 rings (SSSR count). The maximum absolute atomic E-state index is 11.4. The van der Waals surface area contributed by atoms with Gasteiger partial charge in [-0.05, 0) is 24.6 Å². The van der Waals surface area contributed by atoms with Gasteiger partial charge in [0, 0.05) is 13.5 Å². The Hall–Kier alpha value is -0.393. The number of esters is 1. The van der Waals surface area contributed by atoms with Gasteiger partial charge in [0.2, 0.25) is 0 Å². The van der Waals surface area contributed by atoms with Crippen LogP contribution in [0.3, 0.4) is 0 Å². The highest BCUT2D eigenvalue weighted by Gasteiger charge is 2.37. The minimum absolute atomic E-state index is 0.142. The van der Waals surface area contributed by atoms with Crippen molar-refractivity contribution >= 4 is 14.3 Å². The molecule has 5 heteroatoms. The van der Waals surface area contributed by atoms with Crippen molar-refractivity contribution in [3.63, 3.8) is 0 Å². The lowest BCUT2D eigenvalue weighted by Gasteiger charge is -2.37. The first-order valence-electron chi connectivity index (χ1n) is 13.5. The van der Waals surface area contributed by atoms with Crippen LogP contribution in [0, 0.1) is 0 Å². The smallest absolute Gasteiger partial charge is 0.303 e. The van der Waals surface area contributed by atoms with E-state index in [0.717, 1.165) is 13.0 Å². The minimum Gasteiger partial charge on any atom is -0.458 e. The van der Waals surface area contributed by atoms with Crippen LogP contribution in [0.2, 0.25) is 18.1 Å². The number of rotatable bonds is 21.